The zero-order chi connectivity index (χ0) is 4.12. The van der Waals surface area contributed by atoms with Gasteiger partial charge >= 0.3 is 0 Å². The van der Waals surface area contributed by atoms with Crippen LogP contribution in [-0.4, -0.2) is 9.51 Å². The summed E-state index contributed by atoms with van der Waals surface area (Å²) in [7, 11) is 0. The third kappa shape index (κ3) is 5.08. The number of thioether (sulfide) groups is 1. The topological polar surface area (TPSA) is 0 Å². The van der Waals surface area contributed by atoms with Gasteiger partial charge in [-0.3, -0.25) is 0 Å². The molecule has 0 unspecified atom stereocenters. The minimum atomic E-state index is 1.23. The average molecular weight is 202 g/mol. The van der Waals surface area contributed by atoms with E-state index in [2.05, 4.69) is 29.5 Å². The summed E-state index contributed by atoms with van der Waals surface area (Å²) in [6.07, 6.45) is 0. The van der Waals surface area contributed by atoms with Crippen molar-refractivity contribution in [2.45, 2.75) is 6.92 Å². The van der Waals surface area contributed by atoms with Crippen LogP contribution in [0.3, 0.4) is 0 Å². The number of rotatable bonds is 2. The Morgan fingerprint density at radius 3 is 2.40 bits per heavy atom. The molecular weight excluding hydrogens is 195 g/mol. The normalized spacial score (nSPS) is 8.40. The van der Waals surface area contributed by atoms with Gasteiger partial charge in [0.25, 0.3) is 0 Å². The first-order valence-corrected chi connectivity index (χ1v) is 4.23. The second-order valence-corrected chi connectivity index (χ2v) is 3.67. The molecule has 0 rings (SSSR count). The van der Waals surface area contributed by atoms with E-state index in [-0.39, 0.29) is 0 Å². The van der Waals surface area contributed by atoms with Crippen LogP contribution in [0.2, 0.25) is 0 Å². The number of hydrogen-bond donors (Lipinski definition) is 0. The van der Waals surface area contributed by atoms with Crippen LogP contribution in [0.15, 0.2) is 0 Å². The van der Waals surface area contributed by atoms with Gasteiger partial charge in [0, 0.05) is 3.76 Å². The molecule has 0 saturated heterocycles. The molecule has 0 aromatic rings. The lowest BCUT2D eigenvalue weighted by atomic mass is 11.0. The smallest absolute Gasteiger partial charge is 0.0454 e. The Labute approximate surface area is 50.9 Å². The van der Waals surface area contributed by atoms with Crippen molar-refractivity contribution in [1.29, 1.82) is 0 Å². The lowest BCUT2D eigenvalue weighted by Gasteiger charge is -1.79. The van der Waals surface area contributed by atoms with Crippen LogP contribution in [0.4, 0.5) is 0 Å². The molecule has 0 radical (unpaired) electrons. The van der Waals surface area contributed by atoms with E-state index in [1.165, 1.54) is 9.51 Å². The Kier molecular flexibility index (Phi) is 6.18. The van der Waals surface area contributed by atoms with Crippen LogP contribution >= 0.6 is 34.4 Å². The Hall–Kier alpha value is 1.08. The molecule has 0 heterocycles. The highest BCUT2D eigenvalue weighted by Crippen LogP contribution is 2.01. The van der Waals surface area contributed by atoms with Gasteiger partial charge in [0.15, 0.2) is 0 Å². The molecule has 0 aromatic carbocycles. The van der Waals surface area contributed by atoms with Gasteiger partial charge in [-0.25, -0.2) is 0 Å². The molecule has 0 aromatic heterocycles. The quantitative estimate of drug-likeness (QED) is 0.488. The first-order valence-electron chi connectivity index (χ1n) is 1.55. The van der Waals surface area contributed by atoms with Gasteiger partial charge in [-0.1, -0.05) is 29.5 Å². The molecule has 0 spiro atoms. The number of alkyl halides is 1. The summed E-state index contributed by atoms with van der Waals surface area (Å²) in [5.41, 5.74) is 0. The Balaban J connectivity index is 2.19. The van der Waals surface area contributed by atoms with Crippen molar-refractivity contribution in [1.82, 2.24) is 0 Å². The van der Waals surface area contributed by atoms with Crippen molar-refractivity contribution in [3.05, 3.63) is 0 Å². The molecule has 0 nitrogen and oxygen atoms in total. The summed E-state index contributed by atoms with van der Waals surface area (Å²) in [4.78, 5) is 0. The Bertz CT molecular complexity index is 14.4. The molecule has 0 fully saturated rings. The Morgan fingerprint density at radius 1 is 1.80 bits per heavy atom. The highest BCUT2D eigenvalue weighted by atomic mass is 127. The molecule has 0 bridgehead atoms. The molecule has 2 heteroatoms. The highest BCUT2D eigenvalue weighted by molar-refractivity contribution is 14.1. The number of halogens is 1. The van der Waals surface area contributed by atoms with Crippen LogP contribution in [0.1, 0.15) is 6.92 Å². The molecule has 0 amide bonds. The van der Waals surface area contributed by atoms with Gasteiger partial charge in [0.1, 0.15) is 0 Å². The van der Waals surface area contributed by atoms with Gasteiger partial charge in [-0.15, -0.1) is 0 Å². The van der Waals surface area contributed by atoms with Crippen LogP contribution < -0.4 is 0 Å². The standard InChI is InChI=1S/C3H7IS/c1-2-5-3-4/h2-3H2,1H3. The summed E-state index contributed by atoms with van der Waals surface area (Å²) >= 11 is 4.30. The highest BCUT2D eigenvalue weighted by Gasteiger charge is 1.68. The molecule has 0 aliphatic rings. The van der Waals surface area contributed by atoms with Crippen LogP contribution in [-0.2, 0) is 0 Å². The van der Waals surface area contributed by atoms with Crippen molar-refractivity contribution >= 4 is 34.4 Å². The predicted octanol–water partition coefficient (Wildman–Crippen LogP) is 2.13. The van der Waals surface area contributed by atoms with Gasteiger partial charge in [0.05, 0.1) is 0 Å². The van der Waals surface area contributed by atoms with Gasteiger partial charge in [0.2, 0.25) is 0 Å². The van der Waals surface area contributed by atoms with Crippen molar-refractivity contribution in [2.24, 2.45) is 0 Å². The molecule has 0 aliphatic carbocycles. The van der Waals surface area contributed by atoms with Crippen LogP contribution in [0.25, 0.3) is 0 Å². The fraction of sp³-hybridized carbons (Fsp3) is 1.00. The maximum absolute atomic E-state index is 2.35. The SMILES string of the molecule is CCSCI. The summed E-state index contributed by atoms with van der Waals surface area (Å²) in [5.74, 6) is 1.25. The predicted molar refractivity (Wildman–Crippen MR) is 37.0 cm³/mol. The van der Waals surface area contributed by atoms with Crippen LogP contribution in [0.5, 0.6) is 0 Å². The monoisotopic (exact) mass is 202 g/mol. The lowest BCUT2D eigenvalue weighted by molar-refractivity contribution is 1.53. The minimum Gasteiger partial charge on any atom is -0.152 e. The maximum atomic E-state index is 2.35. The Morgan fingerprint density at radius 2 is 2.40 bits per heavy atom. The largest absolute Gasteiger partial charge is 0.152 e. The van der Waals surface area contributed by atoms with E-state index in [0.29, 0.717) is 0 Å². The minimum absolute atomic E-state index is 1.23. The molecule has 0 N–H and O–H groups in total. The van der Waals surface area contributed by atoms with E-state index in [0.717, 1.165) is 0 Å². The fourth-order valence-electron chi connectivity index (χ4n) is 0.0772. The maximum Gasteiger partial charge on any atom is 0.0454 e. The zero-order valence-corrected chi connectivity index (χ0v) is 6.17. The summed E-state index contributed by atoms with van der Waals surface area (Å²) in [6.45, 7) is 2.17. The fourth-order valence-corrected chi connectivity index (χ4v) is 1.55. The van der Waals surface area contributed by atoms with Crippen molar-refractivity contribution in [2.75, 3.05) is 9.51 Å². The van der Waals surface area contributed by atoms with Gasteiger partial charge in [-0.05, 0) is 5.75 Å². The summed E-state index contributed by atoms with van der Waals surface area (Å²) < 4.78 is 1.23. The van der Waals surface area contributed by atoms with E-state index >= 15 is 0 Å². The van der Waals surface area contributed by atoms with Gasteiger partial charge in [-0.2, -0.15) is 11.8 Å². The second-order valence-electron chi connectivity index (χ2n) is 0.602. The van der Waals surface area contributed by atoms with Crippen molar-refractivity contribution in [3.63, 3.8) is 0 Å². The number of hydrogen-bond acceptors (Lipinski definition) is 1. The molecule has 0 atom stereocenters. The van der Waals surface area contributed by atoms with Crippen LogP contribution in [0, 0.1) is 0 Å². The molecule has 5 heavy (non-hydrogen) atoms. The molecule has 0 saturated carbocycles. The third-order valence-corrected chi connectivity index (χ3v) is 2.17. The second kappa shape index (κ2) is 5.08. The lowest BCUT2D eigenvalue weighted by Crippen LogP contribution is -1.59. The molecule has 0 aliphatic heterocycles. The van der Waals surface area contributed by atoms with Crippen molar-refractivity contribution < 1.29 is 0 Å². The first-order chi connectivity index (χ1) is 2.41. The average Bonchev–Trinajstić information content (AvgIpc) is 1.41. The summed E-state index contributed by atoms with van der Waals surface area (Å²) in [6, 6.07) is 0. The van der Waals surface area contributed by atoms with E-state index in [4.69, 9.17) is 0 Å². The zero-order valence-electron chi connectivity index (χ0n) is 3.20. The van der Waals surface area contributed by atoms with Crippen molar-refractivity contribution in [3.8, 4) is 0 Å². The van der Waals surface area contributed by atoms with Gasteiger partial charge < -0.3 is 0 Å². The molecular formula is C3H7IS. The first kappa shape index (κ1) is 6.08. The van der Waals surface area contributed by atoms with E-state index in [1.54, 1.807) is 0 Å². The van der Waals surface area contributed by atoms with E-state index in [9.17, 15) is 0 Å². The molecule has 32 valence electrons. The summed E-state index contributed by atoms with van der Waals surface area (Å²) in [5, 5.41) is 0. The van der Waals surface area contributed by atoms with E-state index in [1.807, 2.05) is 11.8 Å². The third-order valence-electron chi connectivity index (χ3n) is 0.281. The van der Waals surface area contributed by atoms with E-state index < -0.39 is 0 Å².